The van der Waals surface area contributed by atoms with Gasteiger partial charge in [0.1, 0.15) is 17.7 Å². The number of benzene rings is 2. The lowest BCUT2D eigenvalue weighted by molar-refractivity contribution is 0.0697. The van der Waals surface area contributed by atoms with E-state index in [9.17, 15) is 4.79 Å². The van der Waals surface area contributed by atoms with Gasteiger partial charge in [-0.05, 0) is 73.7 Å². The van der Waals surface area contributed by atoms with Gasteiger partial charge in [-0.1, -0.05) is 18.2 Å². The van der Waals surface area contributed by atoms with Crippen LogP contribution in [0.4, 0.5) is 0 Å². The molecule has 186 valence electrons. The summed E-state index contributed by atoms with van der Waals surface area (Å²) in [5.74, 6) is 0.581. The third-order valence-electron chi connectivity index (χ3n) is 6.80. The summed E-state index contributed by atoms with van der Waals surface area (Å²) >= 11 is 0. The minimum Gasteiger partial charge on any atom is -0.489 e. The highest BCUT2D eigenvalue weighted by atomic mass is 16.5. The quantitative estimate of drug-likeness (QED) is 0.306. The van der Waals surface area contributed by atoms with E-state index in [0.717, 1.165) is 54.8 Å². The second kappa shape index (κ2) is 10.9. The molecule has 1 unspecified atom stereocenters. The van der Waals surface area contributed by atoms with E-state index in [1.165, 1.54) is 5.56 Å². The van der Waals surface area contributed by atoms with Crippen LogP contribution >= 0.6 is 0 Å². The molecule has 0 spiro atoms. The van der Waals surface area contributed by atoms with Gasteiger partial charge >= 0.3 is 5.97 Å². The normalized spacial score (nSPS) is 16.1. The summed E-state index contributed by atoms with van der Waals surface area (Å²) < 4.78 is 6.12. The molecule has 2 aromatic carbocycles. The fourth-order valence-corrected chi connectivity index (χ4v) is 4.96. The Morgan fingerprint density at radius 3 is 2.78 bits per heavy atom. The minimum atomic E-state index is -0.959. The summed E-state index contributed by atoms with van der Waals surface area (Å²) in [5, 5.41) is 9.13. The zero-order valence-electron chi connectivity index (χ0n) is 20.1. The van der Waals surface area contributed by atoms with Gasteiger partial charge in [-0.2, -0.15) is 0 Å². The molecule has 0 bridgehead atoms. The van der Waals surface area contributed by atoms with Crippen molar-refractivity contribution in [1.29, 1.82) is 0 Å². The Kier molecular flexibility index (Phi) is 7.25. The van der Waals surface area contributed by atoms with E-state index in [-0.39, 0.29) is 17.7 Å². The van der Waals surface area contributed by atoms with Gasteiger partial charge in [0.2, 0.25) is 0 Å². The number of aryl methyl sites for hydroxylation is 1. The number of carboxylic acid groups (broad SMARTS) is 1. The summed E-state index contributed by atoms with van der Waals surface area (Å²) in [5.41, 5.74) is 10.8. The predicted molar refractivity (Wildman–Crippen MR) is 138 cm³/mol. The topological polar surface area (TPSA) is 117 Å². The molecule has 0 radical (unpaired) electrons. The van der Waals surface area contributed by atoms with E-state index >= 15 is 0 Å². The van der Waals surface area contributed by atoms with E-state index in [1.807, 2.05) is 36.5 Å². The average Bonchev–Trinajstić information content (AvgIpc) is 3.32. The fourth-order valence-electron chi connectivity index (χ4n) is 4.96. The number of para-hydroxylation sites is 2. The van der Waals surface area contributed by atoms with Crippen LogP contribution in [0.1, 0.15) is 52.7 Å². The second-order valence-corrected chi connectivity index (χ2v) is 9.22. The summed E-state index contributed by atoms with van der Waals surface area (Å²) in [6, 6.07) is 18.9. The molecule has 4 aromatic rings. The number of hydrogen-bond acceptors (Lipinski definition) is 6. The van der Waals surface area contributed by atoms with Crippen LogP contribution < -0.4 is 10.5 Å². The van der Waals surface area contributed by atoms with Crippen LogP contribution in [0.25, 0.3) is 11.0 Å². The number of aromatic amines is 1. The molecule has 1 aliphatic rings. The van der Waals surface area contributed by atoms with Crippen molar-refractivity contribution in [3.05, 3.63) is 89.5 Å². The monoisotopic (exact) mass is 485 g/mol. The zero-order chi connectivity index (χ0) is 24.9. The van der Waals surface area contributed by atoms with Crippen molar-refractivity contribution in [1.82, 2.24) is 19.9 Å². The van der Waals surface area contributed by atoms with Crippen molar-refractivity contribution in [3.8, 4) is 5.75 Å². The van der Waals surface area contributed by atoms with Crippen LogP contribution in [0.3, 0.4) is 0 Å². The molecule has 0 saturated carbocycles. The number of aromatic carboxylic acids is 1. The lowest BCUT2D eigenvalue weighted by Gasteiger charge is -2.35. The lowest BCUT2D eigenvalue weighted by Crippen LogP contribution is -2.37. The largest absolute Gasteiger partial charge is 0.489 e. The van der Waals surface area contributed by atoms with Crippen LogP contribution in [-0.4, -0.2) is 50.1 Å². The van der Waals surface area contributed by atoms with Crippen LogP contribution in [0.15, 0.2) is 66.9 Å². The minimum absolute atomic E-state index is 0.191. The van der Waals surface area contributed by atoms with Gasteiger partial charge in [-0.15, -0.1) is 0 Å². The molecular formula is C28H31N5O3. The number of nitrogens with one attached hydrogen (secondary N) is 1. The van der Waals surface area contributed by atoms with Crippen LogP contribution in [0, 0.1) is 0 Å². The van der Waals surface area contributed by atoms with Crippen molar-refractivity contribution < 1.29 is 14.6 Å². The number of rotatable bonds is 10. The summed E-state index contributed by atoms with van der Waals surface area (Å²) in [7, 11) is 0. The first-order valence-electron chi connectivity index (χ1n) is 12.4. The molecule has 8 heteroatoms. The van der Waals surface area contributed by atoms with Crippen molar-refractivity contribution >= 4 is 17.0 Å². The Morgan fingerprint density at radius 1 is 1.17 bits per heavy atom. The van der Waals surface area contributed by atoms with E-state index in [2.05, 4.69) is 16.0 Å². The van der Waals surface area contributed by atoms with E-state index < -0.39 is 5.97 Å². The van der Waals surface area contributed by atoms with E-state index in [4.69, 9.17) is 25.5 Å². The first kappa shape index (κ1) is 24.0. The summed E-state index contributed by atoms with van der Waals surface area (Å²) in [6.45, 7) is 1.78. The lowest BCUT2D eigenvalue weighted by atomic mass is 9.90. The van der Waals surface area contributed by atoms with Crippen molar-refractivity contribution in [2.75, 3.05) is 13.1 Å². The predicted octanol–water partition coefficient (Wildman–Crippen LogP) is 4.33. The van der Waals surface area contributed by atoms with Crippen molar-refractivity contribution in [2.45, 2.75) is 44.4 Å². The third-order valence-corrected chi connectivity index (χ3v) is 6.80. The molecule has 4 N–H and O–H groups in total. The van der Waals surface area contributed by atoms with E-state index in [1.54, 1.807) is 24.3 Å². The Morgan fingerprint density at radius 2 is 2.00 bits per heavy atom. The van der Waals surface area contributed by atoms with Gasteiger partial charge in [0.25, 0.3) is 0 Å². The van der Waals surface area contributed by atoms with Gasteiger partial charge in [-0.25, -0.2) is 9.78 Å². The number of pyridine rings is 1. The second-order valence-electron chi connectivity index (χ2n) is 9.22. The number of ether oxygens (including phenoxy) is 1. The first-order chi connectivity index (χ1) is 17.6. The fraction of sp³-hybridized carbons (Fsp3) is 0.321. The number of carboxylic acids is 1. The highest BCUT2D eigenvalue weighted by Crippen LogP contribution is 2.34. The maximum Gasteiger partial charge on any atom is 0.335 e. The highest BCUT2D eigenvalue weighted by molar-refractivity contribution is 5.87. The Balaban J connectivity index is 1.34. The molecule has 1 aliphatic carbocycles. The molecule has 2 atom stereocenters. The number of aromatic nitrogens is 3. The molecule has 36 heavy (non-hydrogen) atoms. The van der Waals surface area contributed by atoms with Crippen molar-refractivity contribution in [2.24, 2.45) is 5.73 Å². The van der Waals surface area contributed by atoms with Gasteiger partial charge in [0.05, 0.1) is 34.9 Å². The molecule has 0 amide bonds. The maximum absolute atomic E-state index is 11.1. The molecule has 0 fully saturated rings. The molecular weight excluding hydrogens is 454 g/mol. The molecule has 2 aromatic heterocycles. The summed E-state index contributed by atoms with van der Waals surface area (Å²) in [6.07, 6.45) is 5.60. The molecule has 8 nitrogen and oxygen atoms in total. The van der Waals surface area contributed by atoms with Gasteiger partial charge in [0, 0.05) is 19.3 Å². The number of imidazole rings is 1. The molecule has 5 rings (SSSR count). The zero-order valence-corrected chi connectivity index (χ0v) is 20.1. The third kappa shape index (κ3) is 5.40. The van der Waals surface area contributed by atoms with Gasteiger partial charge < -0.3 is 20.6 Å². The molecule has 2 heterocycles. The van der Waals surface area contributed by atoms with Gasteiger partial charge in [-0.3, -0.25) is 9.88 Å². The van der Waals surface area contributed by atoms with Crippen LogP contribution in [0.2, 0.25) is 0 Å². The molecule has 0 saturated heterocycles. The van der Waals surface area contributed by atoms with Crippen LogP contribution in [-0.2, 0) is 13.0 Å². The Bertz CT molecular complexity index is 1290. The standard InChI is InChI=1S/C28H31N5O3/c29-17-22(36-21-12-10-20(11-13-21)28(34)35)14-16-33(18-26-31-23-7-1-2-8-24(23)32-26)25-9-3-5-19-6-4-15-30-27(19)25/h1-2,4,6-8,10-13,15,22,25H,3,5,9,14,16-18,29H2,(H,31,32)(H,34,35)/t22?,25-/m0/s1. The maximum atomic E-state index is 11.1. The summed E-state index contributed by atoms with van der Waals surface area (Å²) in [4.78, 5) is 26.6. The first-order valence-corrected chi connectivity index (χ1v) is 12.4. The van der Waals surface area contributed by atoms with E-state index in [0.29, 0.717) is 18.8 Å². The van der Waals surface area contributed by atoms with Gasteiger partial charge in [0.15, 0.2) is 0 Å². The number of fused-ring (bicyclic) bond motifs is 2. The number of hydrogen-bond donors (Lipinski definition) is 3. The highest BCUT2D eigenvalue weighted by Gasteiger charge is 2.28. The smallest absolute Gasteiger partial charge is 0.335 e. The van der Waals surface area contributed by atoms with Crippen LogP contribution in [0.5, 0.6) is 5.75 Å². The average molecular weight is 486 g/mol. The Hall–Kier alpha value is -3.75. The number of nitrogens with two attached hydrogens (primary N) is 1. The number of H-pyrrole nitrogens is 1. The number of carbonyl (C=O) groups is 1. The molecule has 0 aliphatic heterocycles. The Labute approximate surface area is 210 Å². The number of nitrogens with zero attached hydrogens (tertiary/aromatic N) is 3. The van der Waals surface area contributed by atoms with Crippen molar-refractivity contribution in [3.63, 3.8) is 0 Å². The SMILES string of the molecule is NCC(CCN(Cc1nc2ccccc2[nH]1)[C@H]1CCCc2cccnc21)Oc1ccc(C(=O)O)cc1.